The van der Waals surface area contributed by atoms with Crippen LogP contribution in [0.4, 0.5) is 0 Å². The van der Waals surface area contributed by atoms with Crippen LogP contribution >= 0.6 is 11.8 Å². The van der Waals surface area contributed by atoms with Gasteiger partial charge in [0.2, 0.25) is 0 Å². The zero-order valence-corrected chi connectivity index (χ0v) is 15.4. The van der Waals surface area contributed by atoms with Crippen LogP contribution in [0, 0.1) is 0 Å². The van der Waals surface area contributed by atoms with Gasteiger partial charge in [0.25, 0.3) is 0 Å². The maximum absolute atomic E-state index is 4.81. The van der Waals surface area contributed by atoms with Gasteiger partial charge in [0.05, 0.1) is 6.54 Å². The number of piperidine rings is 1. The van der Waals surface area contributed by atoms with Crippen LogP contribution < -0.4 is 10.6 Å². The molecule has 0 amide bonds. The topological polar surface area (TPSA) is 39.7 Å². The molecule has 1 unspecified atom stereocenters. The van der Waals surface area contributed by atoms with Gasteiger partial charge in [-0.05, 0) is 53.0 Å². The minimum atomic E-state index is 0.147. The highest BCUT2D eigenvalue weighted by Gasteiger charge is 2.27. The third-order valence-corrected chi connectivity index (χ3v) is 5.11. The van der Waals surface area contributed by atoms with Crippen molar-refractivity contribution in [3.8, 4) is 0 Å². The Kier molecular flexibility index (Phi) is 8.49. The molecule has 1 rings (SSSR count). The van der Waals surface area contributed by atoms with Crippen molar-refractivity contribution >= 4 is 17.7 Å². The predicted molar refractivity (Wildman–Crippen MR) is 96.5 cm³/mol. The molecule has 21 heavy (non-hydrogen) atoms. The van der Waals surface area contributed by atoms with Crippen LogP contribution in [0.5, 0.6) is 0 Å². The largest absolute Gasteiger partial charge is 0.357 e. The Morgan fingerprint density at radius 3 is 2.48 bits per heavy atom. The van der Waals surface area contributed by atoms with E-state index in [4.69, 9.17) is 4.99 Å². The van der Waals surface area contributed by atoms with Gasteiger partial charge in [-0.25, -0.2) is 0 Å². The van der Waals surface area contributed by atoms with E-state index in [1.807, 2.05) is 11.8 Å². The maximum atomic E-state index is 4.81. The molecule has 0 aromatic heterocycles. The molecule has 2 N–H and O–H groups in total. The highest BCUT2D eigenvalue weighted by atomic mass is 32.2. The molecule has 0 bridgehead atoms. The molecule has 124 valence electrons. The van der Waals surface area contributed by atoms with Crippen LogP contribution in [0.1, 0.15) is 47.0 Å². The number of thioether (sulfide) groups is 1. The number of rotatable bonds is 7. The number of aliphatic imine (C=N–C) groups is 1. The van der Waals surface area contributed by atoms with Crippen molar-refractivity contribution in [1.29, 1.82) is 0 Å². The van der Waals surface area contributed by atoms with Gasteiger partial charge in [0, 0.05) is 23.9 Å². The third kappa shape index (κ3) is 6.92. The first-order valence-corrected chi connectivity index (χ1v) is 9.58. The van der Waals surface area contributed by atoms with Gasteiger partial charge in [-0.2, -0.15) is 11.8 Å². The molecule has 5 heteroatoms. The van der Waals surface area contributed by atoms with E-state index in [0.29, 0.717) is 5.25 Å². The fourth-order valence-electron chi connectivity index (χ4n) is 2.54. The van der Waals surface area contributed by atoms with Crippen LogP contribution in [-0.2, 0) is 0 Å². The molecule has 1 aliphatic rings. The van der Waals surface area contributed by atoms with Crippen LogP contribution in [0.25, 0.3) is 0 Å². The summed E-state index contributed by atoms with van der Waals surface area (Å²) in [7, 11) is 0. The molecule has 0 radical (unpaired) electrons. The molecule has 0 aromatic rings. The van der Waals surface area contributed by atoms with Crippen molar-refractivity contribution in [2.75, 3.05) is 39.0 Å². The van der Waals surface area contributed by atoms with Crippen molar-refractivity contribution in [1.82, 2.24) is 15.5 Å². The van der Waals surface area contributed by atoms with E-state index in [-0.39, 0.29) is 5.54 Å². The Morgan fingerprint density at radius 2 is 1.90 bits per heavy atom. The van der Waals surface area contributed by atoms with Gasteiger partial charge < -0.3 is 10.6 Å². The van der Waals surface area contributed by atoms with Crippen molar-refractivity contribution in [3.63, 3.8) is 0 Å². The Bertz CT molecular complexity index is 311. The highest BCUT2D eigenvalue weighted by molar-refractivity contribution is 7.99. The molecule has 1 atom stereocenters. The van der Waals surface area contributed by atoms with Crippen molar-refractivity contribution in [3.05, 3.63) is 0 Å². The van der Waals surface area contributed by atoms with Crippen LogP contribution in [0.15, 0.2) is 4.99 Å². The van der Waals surface area contributed by atoms with Gasteiger partial charge in [-0.1, -0.05) is 13.3 Å². The molecule has 1 fully saturated rings. The highest BCUT2D eigenvalue weighted by Crippen LogP contribution is 2.20. The lowest BCUT2D eigenvalue weighted by molar-refractivity contribution is 0.102. The summed E-state index contributed by atoms with van der Waals surface area (Å²) < 4.78 is 0. The molecule has 0 aromatic carbocycles. The number of nitrogens with zero attached hydrogens (tertiary/aromatic N) is 2. The molecule has 4 nitrogen and oxygen atoms in total. The summed E-state index contributed by atoms with van der Waals surface area (Å²) >= 11 is 1.88. The number of hydrogen-bond acceptors (Lipinski definition) is 3. The van der Waals surface area contributed by atoms with Crippen molar-refractivity contribution in [2.45, 2.75) is 57.7 Å². The smallest absolute Gasteiger partial charge is 0.191 e. The molecule has 1 aliphatic heterocycles. The van der Waals surface area contributed by atoms with E-state index in [9.17, 15) is 0 Å². The standard InChI is InChI=1S/C16H34N4S/c1-6-17-15(18-12-14(2)21-5)19-13-16(3,4)20-10-8-7-9-11-20/h14H,6-13H2,1-5H3,(H2,17,18,19). The second-order valence-corrected chi connectivity index (χ2v) is 7.76. The number of hydrogen-bond donors (Lipinski definition) is 2. The number of nitrogens with one attached hydrogen (secondary N) is 2. The Labute approximate surface area is 135 Å². The summed E-state index contributed by atoms with van der Waals surface area (Å²) in [5.41, 5.74) is 0.147. The summed E-state index contributed by atoms with van der Waals surface area (Å²) in [6.07, 6.45) is 6.19. The fraction of sp³-hybridized carbons (Fsp3) is 0.938. The maximum Gasteiger partial charge on any atom is 0.191 e. The van der Waals surface area contributed by atoms with Gasteiger partial charge in [-0.3, -0.25) is 9.89 Å². The van der Waals surface area contributed by atoms with Gasteiger partial charge in [0.15, 0.2) is 5.96 Å². The lowest BCUT2D eigenvalue weighted by atomic mass is 9.99. The zero-order chi connectivity index (χ0) is 15.7. The first-order valence-electron chi connectivity index (χ1n) is 8.29. The average Bonchev–Trinajstić information content (AvgIpc) is 2.50. The fourth-order valence-corrected chi connectivity index (χ4v) is 2.79. The monoisotopic (exact) mass is 314 g/mol. The van der Waals surface area contributed by atoms with Crippen molar-refractivity contribution in [2.24, 2.45) is 4.99 Å². The summed E-state index contributed by atoms with van der Waals surface area (Å²) in [6, 6.07) is 0. The van der Waals surface area contributed by atoms with Gasteiger partial charge >= 0.3 is 0 Å². The molecule has 0 spiro atoms. The quantitative estimate of drug-likeness (QED) is 0.560. The first kappa shape index (κ1) is 18.6. The third-order valence-electron chi connectivity index (χ3n) is 4.14. The minimum absolute atomic E-state index is 0.147. The van der Waals surface area contributed by atoms with E-state index in [1.165, 1.54) is 32.4 Å². The first-order chi connectivity index (χ1) is 9.99. The SMILES string of the molecule is CCNC(=NCC(C)(C)N1CCCCC1)NCC(C)SC. The van der Waals surface area contributed by atoms with E-state index in [1.54, 1.807) is 0 Å². The summed E-state index contributed by atoms with van der Waals surface area (Å²) in [6.45, 7) is 14.1. The number of likely N-dealkylation sites (tertiary alicyclic amines) is 1. The lowest BCUT2D eigenvalue weighted by Crippen LogP contribution is -2.49. The van der Waals surface area contributed by atoms with Gasteiger partial charge in [-0.15, -0.1) is 0 Å². The molecule has 0 saturated carbocycles. The molecular formula is C16H34N4S. The van der Waals surface area contributed by atoms with E-state index < -0.39 is 0 Å². The second kappa shape index (κ2) is 9.57. The minimum Gasteiger partial charge on any atom is -0.357 e. The summed E-state index contributed by atoms with van der Waals surface area (Å²) in [5.74, 6) is 0.948. The predicted octanol–water partition coefficient (Wildman–Crippen LogP) is 2.56. The van der Waals surface area contributed by atoms with Crippen LogP contribution in [-0.4, -0.2) is 60.6 Å². The Hall–Kier alpha value is -0.420. The van der Waals surface area contributed by atoms with Crippen molar-refractivity contribution < 1.29 is 0 Å². The molecule has 1 heterocycles. The van der Waals surface area contributed by atoms with Crippen LogP contribution in [0.3, 0.4) is 0 Å². The van der Waals surface area contributed by atoms with Gasteiger partial charge in [0.1, 0.15) is 0 Å². The molecular weight excluding hydrogens is 280 g/mol. The van der Waals surface area contributed by atoms with E-state index >= 15 is 0 Å². The Balaban J connectivity index is 2.54. The normalized spacial score (nSPS) is 19.4. The van der Waals surface area contributed by atoms with E-state index in [0.717, 1.165) is 25.6 Å². The Morgan fingerprint density at radius 1 is 1.24 bits per heavy atom. The molecule has 0 aliphatic carbocycles. The molecule has 1 saturated heterocycles. The van der Waals surface area contributed by atoms with Crippen LogP contribution in [0.2, 0.25) is 0 Å². The number of guanidine groups is 1. The van der Waals surface area contributed by atoms with E-state index in [2.05, 4.69) is 49.5 Å². The lowest BCUT2D eigenvalue weighted by Gasteiger charge is -2.40. The average molecular weight is 315 g/mol. The second-order valence-electron chi connectivity index (χ2n) is 6.48. The summed E-state index contributed by atoms with van der Waals surface area (Å²) in [5, 5.41) is 7.40. The zero-order valence-electron chi connectivity index (χ0n) is 14.5. The summed E-state index contributed by atoms with van der Waals surface area (Å²) in [4.78, 5) is 7.40.